The Labute approximate surface area is 110 Å². The van der Waals surface area contributed by atoms with Gasteiger partial charge < -0.3 is 4.42 Å². The second kappa shape index (κ2) is 4.65. The molecule has 0 bridgehead atoms. The van der Waals surface area contributed by atoms with Gasteiger partial charge in [0.05, 0.1) is 6.20 Å². The van der Waals surface area contributed by atoms with Crippen molar-refractivity contribution in [1.29, 1.82) is 0 Å². The highest BCUT2D eigenvalue weighted by atomic mass is 79.9. The Morgan fingerprint density at radius 3 is 2.94 bits per heavy atom. The average Bonchev–Trinajstić information content (AvgIpc) is 3.02. The van der Waals surface area contributed by atoms with Crippen molar-refractivity contribution in [2.45, 2.75) is 6.54 Å². The Morgan fingerprint density at radius 2 is 2.22 bits per heavy atom. The first-order chi connectivity index (χ1) is 8.81. The molecule has 0 aliphatic heterocycles. The highest BCUT2D eigenvalue weighted by Gasteiger charge is 2.10. The zero-order valence-electron chi connectivity index (χ0n) is 9.06. The largest absolute Gasteiger partial charge is 0.417 e. The Balaban J connectivity index is 1.83. The first-order valence-corrected chi connectivity index (χ1v) is 5.89. The van der Waals surface area contributed by atoms with Gasteiger partial charge in [0.2, 0.25) is 5.89 Å². The minimum absolute atomic E-state index is 0.387. The van der Waals surface area contributed by atoms with Gasteiger partial charge in [0.25, 0.3) is 5.89 Å². The molecule has 0 unspecified atom stereocenters. The van der Waals surface area contributed by atoms with Crippen molar-refractivity contribution in [3.05, 3.63) is 41.1 Å². The SMILES string of the molecule is Brc1ccc(-c2nnc(Cn3ccnn3)o2)nc1. The molecule has 8 heteroatoms. The number of pyridine rings is 1. The number of nitrogens with zero attached hydrogens (tertiary/aromatic N) is 6. The van der Waals surface area contributed by atoms with E-state index in [1.165, 1.54) is 0 Å². The topological polar surface area (TPSA) is 82.5 Å². The predicted molar refractivity (Wildman–Crippen MR) is 64.4 cm³/mol. The lowest BCUT2D eigenvalue weighted by atomic mass is 10.3. The molecule has 0 atom stereocenters. The summed E-state index contributed by atoms with van der Waals surface area (Å²) < 4.78 is 7.99. The first-order valence-electron chi connectivity index (χ1n) is 5.10. The Morgan fingerprint density at radius 1 is 1.28 bits per heavy atom. The van der Waals surface area contributed by atoms with Crippen LogP contribution >= 0.6 is 15.9 Å². The van der Waals surface area contributed by atoms with Gasteiger partial charge in [-0.3, -0.25) is 0 Å². The van der Waals surface area contributed by atoms with Crippen LogP contribution in [0.2, 0.25) is 0 Å². The third-order valence-electron chi connectivity index (χ3n) is 2.18. The molecular formula is C10H7BrN6O. The molecular weight excluding hydrogens is 300 g/mol. The van der Waals surface area contributed by atoms with Crippen LogP contribution in [-0.4, -0.2) is 30.2 Å². The second-order valence-electron chi connectivity index (χ2n) is 3.46. The summed E-state index contributed by atoms with van der Waals surface area (Å²) in [5, 5.41) is 15.4. The van der Waals surface area contributed by atoms with Gasteiger partial charge >= 0.3 is 0 Å². The van der Waals surface area contributed by atoms with Gasteiger partial charge in [-0.15, -0.1) is 15.3 Å². The van der Waals surface area contributed by atoms with Crippen LogP contribution in [0.15, 0.2) is 39.6 Å². The smallest absolute Gasteiger partial charge is 0.266 e. The summed E-state index contributed by atoms with van der Waals surface area (Å²) in [4.78, 5) is 4.18. The Bertz CT molecular complexity index is 633. The van der Waals surface area contributed by atoms with Crippen LogP contribution in [0.3, 0.4) is 0 Å². The summed E-state index contributed by atoms with van der Waals surface area (Å²) >= 11 is 3.32. The Kier molecular flexibility index (Phi) is 2.85. The van der Waals surface area contributed by atoms with E-state index in [0.29, 0.717) is 24.0 Å². The molecule has 7 nitrogen and oxygen atoms in total. The number of rotatable bonds is 3. The summed E-state index contributed by atoms with van der Waals surface area (Å²) in [6, 6.07) is 3.67. The summed E-state index contributed by atoms with van der Waals surface area (Å²) in [5.41, 5.74) is 0.635. The van der Waals surface area contributed by atoms with Crippen molar-refractivity contribution >= 4 is 15.9 Å². The molecule has 0 fully saturated rings. The minimum atomic E-state index is 0.387. The van der Waals surface area contributed by atoms with E-state index in [0.717, 1.165) is 4.47 Å². The molecule has 0 N–H and O–H groups in total. The van der Waals surface area contributed by atoms with Crippen LogP contribution in [0.1, 0.15) is 5.89 Å². The van der Waals surface area contributed by atoms with Gasteiger partial charge in [0.15, 0.2) is 0 Å². The molecule has 0 radical (unpaired) electrons. The third-order valence-corrected chi connectivity index (χ3v) is 2.65. The molecule has 18 heavy (non-hydrogen) atoms. The van der Waals surface area contributed by atoms with Crippen molar-refractivity contribution < 1.29 is 4.42 Å². The summed E-state index contributed by atoms with van der Waals surface area (Å²) in [5.74, 6) is 0.845. The maximum atomic E-state index is 5.49. The van der Waals surface area contributed by atoms with Gasteiger partial charge in [-0.1, -0.05) is 5.21 Å². The molecule has 90 valence electrons. The monoisotopic (exact) mass is 306 g/mol. The lowest BCUT2D eigenvalue weighted by Crippen LogP contribution is -2.00. The van der Waals surface area contributed by atoms with Crippen LogP contribution in [0.4, 0.5) is 0 Å². The number of aromatic nitrogens is 6. The van der Waals surface area contributed by atoms with E-state index in [-0.39, 0.29) is 0 Å². The van der Waals surface area contributed by atoms with Crippen molar-refractivity contribution in [3.63, 3.8) is 0 Å². The molecule has 0 aliphatic carbocycles. The number of hydrogen-bond acceptors (Lipinski definition) is 6. The summed E-state index contributed by atoms with van der Waals surface area (Å²) in [6.45, 7) is 0.392. The van der Waals surface area contributed by atoms with Crippen molar-refractivity contribution in [2.75, 3.05) is 0 Å². The molecule has 3 aromatic rings. The van der Waals surface area contributed by atoms with Gasteiger partial charge in [0, 0.05) is 16.9 Å². The van der Waals surface area contributed by atoms with Gasteiger partial charge in [-0.2, -0.15) is 0 Å². The van der Waals surface area contributed by atoms with Crippen LogP contribution in [-0.2, 0) is 6.54 Å². The number of hydrogen-bond donors (Lipinski definition) is 0. The first kappa shape index (κ1) is 11.0. The van der Waals surface area contributed by atoms with Crippen LogP contribution in [0.5, 0.6) is 0 Å². The van der Waals surface area contributed by atoms with E-state index < -0.39 is 0 Å². The van der Waals surface area contributed by atoms with Gasteiger partial charge in [-0.25, -0.2) is 9.67 Å². The molecule has 0 aliphatic rings. The fourth-order valence-electron chi connectivity index (χ4n) is 1.38. The van der Waals surface area contributed by atoms with Crippen molar-refractivity contribution in [3.8, 4) is 11.6 Å². The minimum Gasteiger partial charge on any atom is -0.417 e. The van der Waals surface area contributed by atoms with E-state index >= 15 is 0 Å². The maximum absolute atomic E-state index is 5.49. The Hall–Kier alpha value is -2.09. The summed E-state index contributed by atoms with van der Waals surface area (Å²) in [6.07, 6.45) is 4.99. The van der Waals surface area contributed by atoms with Crippen LogP contribution in [0, 0.1) is 0 Å². The van der Waals surface area contributed by atoms with E-state index in [1.54, 1.807) is 29.3 Å². The zero-order chi connectivity index (χ0) is 12.4. The zero-order valence-corrected chi connectivity index (χ0v) is 10.6. The molecule has 0 spiro atoms. The predicted octanol–water partition coefficient (Wildman–Crippen LogP) is 1.53. The molecule has 0 saturated carbocycles. The lowest BCUT2D eigenvalue weighted by molar-refractivity contribution is 0.468. The van der Waals surface area contributed by atoms with Crippen LogP contribution in [0.25, 0.3) is 11.6 Å². The van der Waals surface area contributed by atoms with Gasteiger partial charge in [0.1, 0.15) is 12.2 Å². The highest BCUT2D eigenvalue weighted by Crippen LogP contribution is 2.17. The highest BCUT2D eigenvalue weighted by molar-refractivity contribution is 9.10. The molecule has 0 aromatic carbocycles. The fourth-order valence-corrected chi connectivity index (χ4v) is 1.61. The lowest BCUT2D eigenvalue weighted by Gasteiger charge is -1.94. The molecule has 0 amide bonds. The van der Waals surface area contributed by atoms with Crippen molar-refractivity contribution in [1.82, 2.24) is 30.2 Å². The third kappa shape index (κ3) is 2.28. The maximum Gasteiger partial charge on any atom is 0.266 e. The summed E-state index contributed by atoms with van der Waals surface area (Å²) in [7, 11) is 0. The molecule has 0 saturated heterocycles. The van der Waals surface area contributed by atoms with Crippen molar-refractivity contribution in [2.24, 2.45) is 0 Å². The molecule has 3 rings (SSSR count). The average molecular weight is 307 g/mol. The normalized spacial score (nSPS) is 10.7. The van der Waals surface area contributed by atoms with E-state index in [1.807, 2.05) is 6.07 Å². The van der Waals surface area contributed by atoms with Crippen LogP contribution < -0.4 is 0 Å². The molecule has 3 heterocycles. The van der Waals surface area contributed by atoms with E-state index in [4.69, 9.17) is 4.42 Å². The quantitative estimate of drug-likeness (QED) is 0.730. The molecule has 3 aromatic heterocycles. The standard InChI is InChI=1S/C10H7BrN6O/c11-7-1-2-8(12-5-7)10-15-14-9(18-10)6-17-4-3-13-16-17/h1-5H,6H2. The van der Waals surface area contributed by atoms with E-state index in [9.17, 15) is 0 Å². The second-order valence-corrected chi connectivity index (χ2v) is 4.38. The van der Waals surface area contributed by atoms with Gasteiger partial charge in [-0.05, 0) is 28.1 Å². The van der Waals surface area contributed by atoms with E-state index in [2.05, 4.69) is 41.4 Å². The number of halogens is 1. The fraction of sp³-hybridized carbons (Fsp3) is 0.100.